The van der Waals surface area contributed by atoms with Gasteiger partial charge in [-0.2, -0.15) is 0 Å². The van der Waals surface area contributed by atoms with Crippen molar-refractivity contribution in [2.24, 2.45) is 0 Å². The first kappa shape index (κ1) is 12.1. The molecule has 88 valence electrons. The van der Waals surface area contributed by atoms with E-state index in [-0.39, 0.29) is 0 Å². The summed E-state index contributed by atoms with van der Waals surface area (Å²) in [6, 6.07) is 5.99. The van der Waals surface area contributed by atoms with E-state index in [1.54, 1.807) is 7.11 Å². The Bertz CT molecular complexity index is 353. The molecule has 1 unspecified atom stereocenters. The molecule has 1 saturated heterocycles. The third-order valence-corrected chi connectivity index (χ3v) is 4.23. The molecule has 16 heavy (non-hydrogen) atoms. The smallest absolute Gasteiger partial charge is 0.137 e. The standard InChI is InChI=1S/C12H16ClNOS/c1-15-12-5-4-9(7-11(12)13)16-10-3-2-6-14-8-10/h4-5,7,10,14H,2-3,6,8H2,1H3. The van der Waals surface area contributed by atoms with Crippen molar-refractivity contribution in [3.05, 3.63) is 23.2 Å². The van der Waals surface area contributed by atoms with E-state index in [1.807, 2.05) is 23.9 Å². The van der Waals surface area contributed by atoms with Crippen LogP contribution in [0.1, 0.15) is 12.8 Å². The fourth-order valence-corrected chi connectivity index (χ4v) is 3.36. The van der Waals surface area contributed by atoms with Crippen LogP contribution >= 0.6 is 23.4 Å². The van der Waals surface area contributed by atoms with Crippen molar-refractivity contribution in [3.63, 3.8) is 0 Å². The molecular formula is C12H16ClNOS. The highest BCUT2D eigenvalue weighted by molar-refractivity contribution is 8.00. The molecule has 1 aliphatic rings. The van der Waals surface area contributed by atoms with Crippen molar-refractivity contribution < 1.29 is 4.74 Å². The van der Waals surface area contributed by atoms with Gasteiger partial charge >= 0.3 is 0 Å². The first-order valence-electron chi connectivity index (χ1n) is 5.50. The highest BCUT2D eigenvalue weighted by Gasteiger charge is 2.14. The second-order valence-electron chi connectivity index (χ2n) is 3.88. The van der Waals surface area contributed by atoms with Crippen molar-refractivity contribution in [1.82, 2.24) is 5.32 Å². The van der Waals surface area contributed by atoms with Crippen molar-refractivity contribution in [2.75, 3.05) is 20.2 Å². The van der Waals surface area contributed by atoms with E-state index >= 15 is 0 Å². The molecule has 0 saturated carbocycles. The number of benzene rings is 1. The van der Waals surface area contributed by atoms with Crippen LogP contribution < -0.4 is 10.1 Å². The number of thioether (sulfide) groups is 1. The number of hydrogen-bond acceptors (Lipinski definition) is 3. The van der Waals surface area contributed by atoms with Gasteiger partial charge in [-0.15, -0.1) is 11.8 Å². The van der Waals surface area contributed by atoms with Crippen LogP contribution in [0.2, 0.25) is 5.02 Å². The number of piperidine rings is 1. The largest absolute Gasteiger partial charge is 0.495 e. The lowest BCUT2D eigenvalue weighted by Crippen LogP contribution is -2.31. The van der Waals surface area contributed by atoms with Gasteiger partial charge in [-0.3, -0.25) is 0 Å². The number of rotatable bonds is 3. The second-order valence-corrected chi connectivity index (χ2v) is 5.66. The number of methoxy groups -OCH3 is 1. The van der Waals surface area contributed by atoms with Gasteiger partial charge in [0.15, 0.2) is 0 Å². The van der Waals surface area contributed by atoms with E-state index in [9.17, 15) is 0 Å². The van der Waals surface area contributed by atoms with E-state index in [4.69, 9.17) is 16.3 Å². The zero-order valence-electron chi connectivity index (χ0n) is 9.33. The van der Waals surface area contributed by atoms with Crippen LogP contribution in [-0.2, 0) is 0 Å². The molecule has 0 spiro atoms. The van der Waals surface area contributed by atoms with Gasteiger partial charge in [-0.25, -0.2) is 0 Å². The molecule has 0 aliphatic carbocycles. The van der Waals surface area contributed by atoms with Gasteiger partial charge in [0.05, 0.1) is 12.1 Å². The fraction of sp³-hybridized carbons (Fsp3) is 0.500. The summed E-state index contributed by atoms with van der Waals surface area (Å²) in [6.45, 7) is 2.24. The van der Waals surface area contributed by atoms with Gasteiger partial charge in [0.2, 0.25) is 0 Å². The lowest BCUT2D eigenvalue weighted by atomic mass is 10.2. The SMILES string of the molecule is COc1ccc(SC2CCCNC2)cc1Cl. The molecule has 2 rings (SSSR count). The molecule has 1 aliphatic heterocycles. The minimum atomic E-state index is 0.665. The third kappa shape index (κ3) is 3.06. The highest BCUT2D eigenvalue weighted by atomic mass is 35.5. The summed E-state index contributed by atoms with van der Waals surface area (Å²) in [5, 5.41) is 4.77. The zero-order valence-corrected chi connectivity index (χ0v) is 10.9. The maximum Gasteiger partial charge on any atom is 0.137 e. The van der Waals surface area contributed by atoms with Crippen molar-refractivity contribution in [3.8, 4) is 5.75 Å². The summed E-state index contributed by atoms with van der Waals surface area (Å²) < 4.78 is 5.14. The molecule has 1 fully saturated rings. The first-order chi connectivity index (χ1) is 7.79. The van der Waals surface area contributed by atoms with Gasteiger partial charge in [0.25, 0.3) is 0 Å². The van der Waals surface area contributed by atoms with Crippen LogP contribution in [0.15, 0.2) is 23.1 Å². The van der Waals surface area contributed by atoms with E-state index < -0.39 is 0 Å². The van der Waals surface area contributed by atoms with E-state index in [0.29, 0.717) is 10.3 Å². The summed E-state index contributed by atoms with van der Waals surface area (Å²) in [5.41, 5.74) is 0. The topological polar surface area (TPSA) is 21.3 Å². The Morgan fingerprint density at radius 2 is 2.38 bits per heavy atom. The van der Waals surface area contributed by atoms with E-state index in [2.05, 4.69) is 11.4 Å². The summed E-state index contributed by atoms with van der Waals surface area (Å²) >= 11 is 7.99. The number of hydrogen-bond donors (Lipinski definition) is 1. The van der Waals surface area contributed by atoms with Crippen LogP contribution in [0.25, 0.3) is 0 Å². The summed E-state index contributed by atoms with van der Waals surface area (Å²) in [5.74, 6) is 0.743. The highest BCUT2D eigenvalue weighted by Crippen LogP contribution is 2.33. The number of halogens is 1. The van der Waals surface area contributed by atoms with Gasteiger partial charge in [0, 0.05) is 16.7 Å². The Balaban J connectivity index is 2.01. The van der Waals surface area contributed by atoms with Crippen LogP contribution in [0.4, 0.5) is 0 Å². The van der Waals surface area contributed by atoms with E-state index in [0.717, 1.165) is 18.8 Å². The van der Waals surface area contributed by atoms with Crippen molar-refractivity contribution in [1.29, 1.82) is 0 Å². The normalized spacial score (nSPS) is 20.8. The van der Waals surface area contributed by atoms with Gasteiger partial charge < -0.3 is 10.1 Å². The minimum Gasteiger partial charge on any atom is -0.495 e. The number of nitrogens with one attached hydrogen (secondary N) is 1. The average Bonchev–Trinajstić information content (AvgIpc) is 2.31. The predicted molar refractivity (Wildman–Crippen MR) is 69.8 cm³/mol. The summed E-state index contributed by atoms with van der Waals surface area (Å²) in [4.78, 5) is 1.22. The monoisotopic (exact) mass is 257 g/mol. The fourth-order valence-electron chi connectivity index (χ4n) is 1.83. The number of ether oxygens (including phenoxy) is 1. The van der Waals surface area contributed by atoms with Gasteiger partial charge in [-0.1, -0.05) is 11.6 Å². The molecule has 0 radical (unpaired) electrons. The van der Waals surface area contributed by atoms with Crippen LogP contribution in [-0.4, -0.2) is 25.4 Å². The predicted octanol–water partition coefficient (Wildman–Crippen LogP) is 3.19. The lowest BCUT2D eigenvalue weighted by Gasteiger charge is -2.22. The zero-order chi connectivity index (χ0) is 11.4. The average molecular weight is 258 g/mol. The van der Waals surface area contributed by atoms with Crippen molar-refractivity contribution in [2.45, 2.75) is 23.0 Å². The Labute approximate surface area is 106 Å². The molecule has 0 amide bonds. The molecule has 2 nitrogen and oxygen atoms in total. The molecule has 1 aromatic carbocycles. The minimum absolute atomic E-state index is 0.665. The molecule has 0 aromatic heterocycles. The van der Waals surface area contributed by atoms with Crippen molar-refractivity contribution >= 4 is 23.4 Å². The van der Waals surface area contributed by atoms with Gasteiger partial charge in [0.1, 0.15) is 5.75 Å². The second kappa shape index (κ2) is 5.80. The molecule has 4 heteroatoms. The molecule has 1 heterocycles. The Hall–Kier alpha value is -0.380. The van der Waals surface area contributed by atoms with Crippen LogP contribution in [0, 0.1) is 0 Å². The molecule has 0 bridgehead atoms. The summed E-state index contributed by atoms with van der Waals surface area (Å²) in [6.07, 6.45) is 2.54. The maximum atomic E-state index is 6.09. The lowest BCUT2D eigenvalue weighted by molar-refractivity contribution is 0.414. The molecule has 1 N–H and O–H groups in total. The van der Waals surface area contributed by atoms with E-state index in [1.165, 1.54) is 17.7 Å². The molecule has 1 aromatic rings. The van der Waals surface area contributed by atoms with Crippen LogP contribution in [0.3, 0.4) is 0 Å². The molecular weight excluding hydrogens is 242 g/mol. The Morgan fingerprint density at radius 3 is 3.00 bits per heavy atom. The quantitative estimate of drug-likeness (QED) is 0.899. The van der Waals surface area contributed by atoms with Gasteiger partial charge in [-0.05, 0) is 37.6 Å². The summed E-state index contributed by atoms with van der Waals surface area (Å²) in [7, 11) is 1.64. The Kier molecular flexibility index (Phi) is 4.38. The first-order valence-corrected chi connectivity index (χ1v) is 6.76. The van der Waals surface area contributed by atoms with Crippen LogP contribution in [0.5, 0.6) is 5.75 Å². The third-order valence-electron chi connectivity index (χ3n) is 2.68. The molecule has 1 atom stereocenters. The maximum absolute atomic E-state index is 6.09. The Morgan fingerprint density at radius 1 is 1.50 bits per heavy atom.